The summed E-state index contributed by atoms with van der Waals surface area (Å²) in [6.45, 7) is 0.968. The quantitative estimate of drug-likeness (QED) is 0.499. The molecule has 1 aliphatic rings. The van der Waals surface area contributed by atoms with Gasteiger partial charge in [0, 0.05) is 5.56 Å². The number of aliphatic hydroxyl groups excluding tert-OH is 2. The van der Waals surface area contributed by atoms with Crippen LogP contribution in [0.25, 0.3) is 5.65 Å². The molecule has 3 rings (SSSR count). The number of aliphatic hydroxyl groups is 3. The molecule has 1 saturated heterocycles. The van der Waals surface area contributed by atoms with E-state index < -0.39 is 36.2 Å². The Bertz CT molecular complexity index is 693. The number of hydrogen-bond acceptors (Lipinski definition) is 7. The van der Waals surface area contributed by atoms with Crippen molar-refractivity contribution < 1.29 is 20.1 Å². The molecule has 0 bridgehead atoms. The Morgan fingerprint density at radius 2 is 2.35 bits per heavy atom. The van der Waals surface area contributed by atoms with E-state index in [0.717, 1.165) is 4.52 Å². The second-order valence-electron chi connectivity index (χ2n) is 4.95. The van der Waals surface area contributed by atoms with Crippen molar-refractivity contribution >= 4 is 5.65 Å². The van der Waals surface area contributed by atoms with Gasteiger partial charge in [0.1, 0.15) is 23.9 Å². The first-order valence-corrected chi connectivity index (χ1v) is 6.05. The van der Waals surface area contributed by atoms with Gasteiger partial charge in [-0.1, -0.05) is 0 Å². The smallest absolute Gasteiger partial charge is 0.349 e. The minimum Gasteiger partial charge on any atom is -0.394 e. The molecule has 1 fully saturated rings. The molecule has 9 nitrogen and oxygen atoms in total. The van der Waals surface area contributed by atoms with Crippen molar-refractivity contribution in [1.82, 2.24) is 19.6 Å². The Balaban J connectivity index is 2.12. The summed E-state index contributed by atoms with van der Waals surface area (Å²) in [5.41, 5.74) is -1.50. The number of hydrogen-bond donors (Lipinski definition) is 4. The zero-order chi connectivity index (χ0) is 14.5. The summed E-state index contributed by atoms with van der Waals surface area (Å²) in [5.74, 6) is 0. The number of nitrogens with one attached hydrogen (secondary N) is 1. The topological polar surface area (TPSA) is 133 Å². The van der Waals surface area contributed by atoms with Gasteiger partial charge in [0.2, 0.25) is 0 Å². The summed E-state index contributed by atoms with van der Waals surface area (Å²) >= 11 is 0. The maximum Gasteiger partial charge on any atom is 0.349 e. The van der Waals surface area contributed by atoms with Gasteiger partial charge < -0.3 is 20.1 Å². The SMILES string of the molecule is C[C@]1(O)C(c2cnn3c(=O)[nH]cnc23)O[C@H](CO)[C@H]1O. The molecule has 1 unspecified atom stereocenters. The van der Waals surface area contributed by atoms with Crippen LogP contribution >= 0.6 is 0 Å². The first kappa shape index (κ1) is 13.2. The van der Waals surface area contributed by atoms with Crippen LogP contribution in [0.2, 0.25) is 0 Å². The van der Waals surface area contributed by atoms with Crippen LogP contribution in [0, 0.1) is 0 Å². The minimum atomic E-state index is -1.62. The zero-order valence-electron chi connectivity index (χ0n) is 10.6. The van der Waals surface area contributed by atoms with Crippen molar-refractivity contribution in [2.75, 3.05) is 6.61 Å². The van der Waals surface area contributed by atoms with Gasteiger partial charge in [0.25, 0.3) is 0 Å². The molecule has 1 aliphatic heterocycles. The lowest BCUT2D eigenvalue weighted by molar-refractivity contribution is -0.0641. The summed E-state index contributed by atoms with van der Waals surface area (Å²) in [6, 6.07) is 0. The molecule has 108 valence electrons. The lowest BCUT2D eigenvalue weighted by atomic mass is 9.90. The molecule has 2 aromatic rings. The normalized spacial score (nSPS) is 33.9. The Hall–Kier alpha value is -1.81. The number of fused-ring (bicyclic) bond motifs is 1. The van der Waals surface area contributed by atoms with Gasteiger partial charge in [0.05, 0.1) is 19.1 Å². The molecule has 0 spiro atoms. The summed E-state index contributed by atoms with van der Waals surface area (Å²) < 4.78 is 6.51. The van der Waals surface area contributed by atoms with Crippen LogP contribution in [-0.4, -0.2) is 59.3 Å². The number of aromatic amines is 1. The second kappa shape index (κ2) is 4.35. The third-order valence-corrected chi connectivity index (χ3v) is 3.59. The fourth-order valence-electron chi connectivity index (χ4n) is 2.48. The number of nitrogens with zero attached hydrogens (tertiary/aromatic N) is 3. The van der Waals surface area contributed by atoms with Crippen molar-refractivity contribution in [3.63, 3.8) is 0 Å². The molecule has 9 heteroatoms. The van der Waals surface area contributed by atoms with Gasteiger partial charge in [-0.2, -0.15) is 9.61 Å². The van der Waals surface area contributed by atoms with E-state index in [9.17, 15) is 15.0 Å². The Morgan fingerprint density at radius 1 is 1.60 bits per heavy atom. The lowest BCUT2D eigenvalue weighted by Gasteiger charge is -2.25. The van der Waals surface area contributed by atoms with Crippen LogP contribution in [0.1, 0.15) is 18.6 Å². The van der Waals surface area contributed by atoms with Crippen LogP contribution in [0.3, 0.4) is 0 Å². The molecule has 3 heterocycles. The Kier molecular flexibility index (Phi) is 2.87. The lowest BCUT2D eigenvalue weighted by Crippen LogP contribution is -2.43. The second-order valence-corrected chi connectivity index (χ2v) is 4.95. The third-order valence-electron chi connectivity index (χ3n) is 3.59. The molecule has 0 saturated carbocycles. The molecule has 2 aromatic heterocycles. The summed E-state index contributed by atoms with van der Waals surface area (Å²) in [6.07, 6.45) is -0.543. The standard InChI is InChI=1S/C11H14N4O5/c1-11(19)7(17)6(3-16)20-8(11)5-2-14-15-9(5)12-4-13-10(15)18/h2,4,6-8,16-17,19H,3H2,1H3,(H,12,13,18)/t6-,7-,8?,11-/m1/s1. The molecule has 4 atom stereocenters. The van der Waals surface area contributed by atoms with Crippen LogP contribution in [-0.2, 0) is 4.74 Å². The summed E-state index contributed by atoms with van der Waals surface area (Å²) in [7, 11) is 0. The summed E-state index contributed by atoms with van der Waals surface area (Å²) in [4.78, 5) is 17.9. The van der Waals surface area contributed by atoms with Gasteiger partial charge in [-0.05, 0) is 6.92 Å². The highest BCUT2D eigenvalue weighted by Crippen LogP contribution is 2.42. The highest BCUT2D eigenvalue weighted by Gasteiger charge is 2.53. The largest absolute Gasteiger partial charge is 0.394 e. The van der Waals surface area contributed by atoms with Crippen molar-refractivity contribution in [1.29, 1.82) is 0 Å². The van der Waals surface area contributed by atoms with Crippen LogP contribution in [0.15, 0.2) is 17.3 Å². The fourth-order valence-corrected chi connectivity index (χ4v) is 2.48. The minimum absolute atomic E-state index is 0.227. The van der Waals surface area contributed by atoms with E-state index in [1.54, 1.807) is 0 Å². The van der Waals surface area contributed by atoms with Gasteiger partial charge >= 0.3 is 5.69 Å². The van der Waals surface area contributed by atoms with Crippen LogP contribution in [0.5, 0.6) is 0 Å². The maximum atomic E-state index is 11.6. The van der Waals surface area contributed by atoms with E-state index in [0.29, 0.717) is 5.56 Å². The fraction of sp³-hybridized carbons (Fsp3) is 0.545. The zero-order valence-corrected chi connectivity index (χ0v) is 10.6. The maximum absolute atomic E-state index is 11.6. The van der Waals surface area contributed by atoms with Crippen molar-refractivity contribution in [3.05, 3.63) is 28.6 Å². The van der Waals surface area contributed by atoms with E-state index in [-0.39, 0.29) is 5.65 Å². The number of H-pyrrole nitrogens is 1. The predicted molar refractivity (Wildman–Crippen MR) is 64.9 cm³/mol. The summed E-state index contributed by atoms with van der Waals surface area (Å²) in [5, 5.41) is 33.4. The van der Waals surface area contributed by atoms with Gasteiger partial charge in [-0.25, -0.2) is 9.78 Å². The monoisotopic (exact) mass is 282 g/mol. The molecule has 0 aliphatic carbocycles. The molecule has 0 amide bonds. The van der Waals surface area contributed by atoms with Crippen molar-refractivity contribution in [2.45, 2.75) is 30.8 Å². The van der Waals surface area contributed by atoms with E-state index >= 15 is 0 Å². The van der Waals surface area contributed by atoms with E-state index in [4.69, 9.17) is 9.84 Å². The Labute approximate surface area is 112 Å². The first-order chi connectivity index (χ1) is 9.46. The molecular formula is C11H14N4O5. The van der Waals surface area contributed by atoms with Crippen molar-refractivity contribution in [3.8, 4) is 0 Å². The van der Waals surface area contributed by atoms with E-state index in [2.05, 4.69) is 15.1 Å². The van der Waals surface area contributed by atoms with Crippen molar-refractivity contribution in [2.24, 2.45) is 0 Å². The molecule has 20 heavy (non-hydrogen) atoms. The van der Waals surface area contributed by atoms with E-state index in [1.165, 1.54) is 19.4 Å². The molecule has 0 radical (unpaired) electrons. The van der Waals surface area contributed by atoms with Gasteiger partial charge in [-0.15, -0.1) is 0 Å². The van der Waals surface area contributed by atoms with Gasteiger partial charge in [0.15, 0.2) is 5.65 Å². The first-order valence-electron chi connectivity index (χ1n) is 6.05. The molecule has 0 aromatic carbocycles. The highest BCUT2D eigenvalue weighted by molar-refractivity contribution is 5.48. The molecular weight excluding hydrogens is 268 g/mol. The average molecular weight is 282 g/mol. The van der Waals surface area contributed by atoms with Gasteiger partial charge in [-0.3, -0.25) is 4.98 Å². The number of rotatable bonds is 2. The average Bonchev–Trinajstić information content (AvgIpc) is 2.92. The number of aromatic nitrogens is 4. The van der Waals surface area contributed by atoms with Crippen LogP contribution < -0.4 is 5.69 Å². The molecule has 4 N–H and O–H groups in total. The predicted octanol–water partition coefficient (Wildman–Crippen LogP) is -2.04. The third kappa shape index (κ3) is 1.68. The highest BCUT2D eigenvalue weighted by atomic mass is 16.6. The van der Waals surface area contributed by atoms with E-state index in [1.807, 2.05) is 0 Å². The number of ether oxygens (including phenoxy) is 1. The van der Waals surface area contributed by atoms with Crippen LogP contribution in [0.4, 0.5) is 0 Å². The Morgan fingerprint density at radius 3 is 3.00 bits per heavy atom.